The maximum absolute atomic E-state index is 12.6. The summed E-state index contributed by atoms with van der Waals surface area (Å²) in [5, 5.41) is 15.1. The first-order chi connectivity index (χ1) is 16.8. The minimum absolute atomic E-state index is 0.0829. The molecule has 0 bridgehead atoms. The van der Waals surface area contributed by atoms with Crippen LogP contribution < -0.4 is 10.6 Å². The third kappa shape index (κ3) is 6.93. The molecule has 1 heterocycles. The number of carbonyl (C=O) groups excluding carboxylic acids is 3. The van der Waals surface area contributed by atoms with Crippen molar-refractivity contribution in [3.05, 3.63) is 83.2 Å². The molecule has 2 aromatic carbocycles. The molecule has 0 saturated heterocycles. The van der Waals surface area contributed by atoms with E-state index in [0.717, 1.165) is 0 Å². The number of allylic oxidation sites excluding steroid dienone is 1. The molecule has 3 aromatic rings. The maximum Gasteiger partial charge on any atom is 0.337 e. The van der Waals surface area contributed by atoms with Crippen molar-refractivity contribution in [3.8, 4) is 0 Å². The molecular weight excluding hydrogens is 490 g/mol. The number of amides is 2. The molecule has 0 unspecified atom stereocenters. The molecule has 2 N–H and O–H groups in total. The van der Waals surface area contributed by atoms with Crippen LogP contribution in [0.3, 0.4) is 0 Å². The molecule has 11 heteroatoms. The van der Waals surface area contributed by atoms with Gasteiger partial charge >= 0.3 is 5.97 Å². The van der Waals surface area contributed by atoms with E-state index in [1.54, 1.807) is 66.1 Å². The largest absolute Gasteiger partial charge is 0.465 e. The van der Waals surface area contributed by atoms with Gasteiger partial charge in [0.15, 0.2) is 11.0 Å². The minimum Gasteiger partial charge on any atom is -0.465 e. The normalized spacial score (nSPS) is 11.4. The molecule has 0 aliphatic rings. The Labute approximate surface area is 211 Å². The first-order valence-electron chi connectivity index (χ1n) is 10.5. The van der Waals surface area contributed by atoms with Crippen molar-refractivity contribution < 1.29 is 19.1 Å². The molecule has 1 atom stereocenters. The summed E-state index contributed by atoms with van der Waals surface area (Å²) in [5.41, 5.74) is 1.42. The van der Waals surface area contributed by atoms with Gasteiger partial charge in [0.05, 0.1) is 24.5 Å². The minimum atomic E-state index is -0.450. The fourth-order valence-electron chi connectivity index (χ4n) is 3.11. The van der Waals surface area contributed by atoms with Crippen LogP contribution in [0.1, 0.15) is 39.5 Å². The van der Waals surface area contributed by atoms with Crippen LogP contribution >= 0.6 is 23.4 Å². The Morgan fingerprint density at radius 2 is 1.77 bits per heavy atom. The maximum atomic E-state index is 12.6. The Balaban J connectivity index is 1.62. The molecular formula is C24H24ClN5O4S. The molecule has 35 heavy (non-hydrogen) atoms. The van der Waals surface area contributed by atoms with Gasteiger partial charge in [0, 0.05) is 22.8 Å². The van der Waals surface area contributed by atoms with Crippen molar-refractivity contribution in [1.29, 1.82) is 0 Å². The number of carbonyl (C=O) groups is 3. The molecule has 0 spiro atoms. The number of aromatic nitrogens is 3. The van der Waals surface area contributed by atoms with Crippen LogP contribution in [0.2, 0.25) is 5.02 Å². The average molecular weight is 514 g/mol. The number of nitrogens with zero attached hydrogens (tertiary/aromatic N) is 3. The number of rotatable bonds is 10. The Hall–Kier alpha value is -3.63. The highest BCUT2D eigenvalue weighted by Gasteiger charge is 2.20. The fourth-order valence-corrected chi connectivity index (χ4v) is 3.99. The lowest BCUT2D eigenvalue weighted by Crippen LogP contribution is -2.28. The van der Waals surface area contributed by atoms with Crippen LogP contribution in [-0.4, -0.2) is 45.4 Å². The van der Waals surface area contributed by atoms with Gasteiger partial charge in [0.1, 0.15) is 0 Å². The highest BCUT2D eigenvalue weighted by atomic mass is 35.5. The molecule has 182 valence electrons. The number of benzene rings is 2. The van der Waals surface area contributed by atoms with Crippen molar-refractivity contribution in [1.82, 2.24) is 20.1 Å². The monoisotopic (exact) mass is 513 g/mol. The summed E-state index contributed by atoms with van der Waals surface area (Å²) in [4.78, 5) is 36.5. The third-order valence-electron chi connectivity index (χ3n) is 4.82. The summed E-state index contributed by atoms with van der Waals surface area (Å²) in [7, 11) is 1.31. The Morgan fingerprint density at radius 3 is 2.40 bits per heavy atom. The van der Waals surface area contributed by atoms with Crippen molar-refractivity contribution in [2.75, 3.05) is 18.2 Å². The second kappa shape index (κ2) is 12.2. The number of ether oxygens (including phenoxy) is 1. The van der Waals surface area contributed by atoms with E-state index in [1.165, 1.54) is 18.9 Å². The Morgan fingerprint density at radius 1 is 1.11 bits per heavy atom. The van der Waals surface area contributed by atoms with Crippen LogP contribution in [0, 0.1) is 0 Å². The number of esters is 1. The second-order valence-corrected chi connectivity index (χ2v) is 8.73. The summed E-state index contributed by atoms with van der Waals surface area (Å²) < 4.78 is 6.46. The predicted molar refractivity (Wildman–Crippen MR) is 135 cm³/mol. The van der Waals surface area contributed by atoms with Crippen molar-refractivity contribution in [3.63, 3.8) is 0 Å². The Bertz CT molecular complexity index is 1210. The molecule has 3 rings (SSSR count). The molecule has 0 aliphatic carbocycles. The lowest BCUT2D eigenvalue weighted by molar-refractivity contribution is -0.113. The standard InChI is InChI=1S/C24H24ClN5O4S/c1-4-13-30-21(15(2)26-22(32)16-5-9-18(25)10-6-16)28-29-24(30)35-14-20(31)27-19-11-7-17(8-12-19)23(33)34-3/h4-12,15H,1,13-14H2,2-3H3,(H,26,32)(H,27,31)/t15-/m0/s1. The predicted octanol–water partition coefficient (Wildman–Crippen LogP) is 4.13. The highest BCUT2D eigenvalue weighted by Crippen LogP contribution is 2.22. The quantitative estimate of drug-likeness (QED) is 0.238. The van der Waals surface area contributed by atoms with Crippen LogP contribution in [0.5, 0.6) is 0 Å². The zero-order valence-electron chi connectivity index (χ0n) is 19.2. The van der Waals surface area contributed by atoms with E-state index in [0.29, 0.717) is 39.4 Å². The summed E-state index contributed by atoms with van der Waals surface area (Å²) in [5.74, 6) is -0.351. The van der Waals surface area contributed by atoms with Gasteiger partial charge in [-0.25, -0.2) is 4.79 Å². The average Bonchev–Trinajstić information content (AvgIpc) is 3.26. The van der Waals surface area contributed by atoms with Crippen molar-refractivity contribution in [2.45, 2.75) is 24.7 Å². The summed E-state index contributed by atoms with van der Waals surface area (Å²) >= 11 is 7.10. The first kappa shape index (κ1) is 26.0. The topological polar surface area (TPSA) is 115 Å². The SMILES string of the molecule is C=CCn1c(SCC(=O)Nc2ccc(C(=O)OC)cc2)nnc1[C@H](C)NC(=O)c1ccc(Cl)cc1. The smallest absolute Gasteiger partial charge is 0.337 e. The summed E-state index contributed by atoms with van der Waals surface area (Å²) in [6, 6.07) is 12.5. The van der Waals surface area contributed by atoms with Gasteiger partial charge in [-0.3, -0.25) is 9.59 Å². The van der Waals surface area contributed by atoms with Gasteiger partial charge in [-0.1, -0.05) is 29.4 Å². The molecule has 0 aliphatic heterocycles. The van der Waals surface area contributed by atoms with Gasteiger partial charge in [0.25, 0.3) is 5.91 Å². The van der Waals surface area contributed by atoms with Gasteiger partial charge < -0.3 is 19.9 Å². The lowest BCUT2D eigenvalue weighted by Gasteiger charge is -2.15. The van der Waals surface area contributed by atoms with Gasteiger partial charge in [-0.05, 0) is 55.5 Å². The van der Waals surface area contributed by atoms with Crippen LogP contribution in [0.15, 0.2) is 66.3 Å². The van der Waals surface area contributed by atoms with E-state index in [1.807, 2.05) is 0 Å². The molecule has 0 fully saturated rings. The molecule has 0 radical (unpaired) electrons. The third-order valence-corrected chi connectivity index (χ3v) is 6.04. The number of methoxy groups -OCH3 is 1. The van der Waals surface area contributed by atoms with Crippen LogP contribution in [-0.2, 0) is 16.1 Å². The number of anilines is 1. The molecule has 2 amide bonds. The lowest BCUT2D eigenvalue weighted by atomic mass is 10.2. The van der Waals surface area contributed by atoms with E-state index < -0.39 is 12.0 Å². The van der Waals surface area contributed by atoms with Crippen molar-refractivity contribution in [2.24, 2.45) is 0 Å². The van der Waals surface area contributed by atoms with E-state index in [2.05, 4.69) is 32.1 Å². The highest BCUT2D eigenvalue weighted by molar-refractivity contribution is 7.99. The van der Waals surface area contributed by atoms with E-state index in [9.17, 15) is 14.4 Å². The van der Waals surface area contributed by atoms with Gasteiger partial charge in [-0.15, -0.1) is 16.8 Å². The zero-order chi connectivity index (χ0) is 25.4. The van der Waals surface area contributed by atoms with Gasteiger partial charge in [0.2, 0.25) is 5.91 Å². The van der Waals surface area contributed by atoms with Crippen LogP contribution in [0.4, 0.5) is 5.69 Å². The number of hydrogen-bond acceptors (Lipinski definition) is 7. The first-order valence-corrected chi connectivity index (χ1v) is 11.9. The molecule has 9 nitrogen and oxygen atoms in total. The number of halogens is 1. The number of hydrogen-bond donors (Lipinski definition) is 2. The van der Waals surface area contributed by atoms with Crippen molar-refractivity contribution >= 4 is 46.8 Å². The summed E-state index contributed by atoms with van der Waals surface area (Å²) in [6.07, 6.45) is 1.69. The fraction of sp³-hybridized carbons (Fsp3) is 0.208. The Kier molecular flexibility index (Phi) is 9.04. The molecule has 0 saturated carbocycles. The van der Waals surface area contributed by atoms with Crippen LogP contribution in [0.25, 0.3) is 0 Å². The number of thioether (sulfide) groups is 1. The van der Waals surface area contributed by atoms with E-state index in [4.69, 9.17) is 11.6 Å². The van der Waals surface area contributed by atoms with Gasteiger partial charge in [-0.2, -0.15) is 0 Å². The summed E-state index contributed by atoms with van der Waals surface area (Å²) in [6.45, 7) is 5.98. The van der Waals surface area contributed by atoms with E-state index >= 15 is 0 Å². The zero-order valence-corrected chi connectivity index (χ0v) is 20.7. The number of nitrogens with one attached hydrogen (secondary N) is 2. The second-order valence-electron chi connectivity index (χ2n) is 7.35. The van der Waals surface area contributed by atoms with E-state index in [-0.39, 0.29) is 17.6 Å². The molecule has 1 aromatic heterocycles.